The number of rotatable bonds is 4. The first-order valence-corrected chi connectivity index (χ1v) is 10.2. The number of nitrogens with zero attached hydrogens (tertiary/aromatic N) is 3. The fourth-order valence-corrected chi connectivity index (χ4v) is 5.39. The number of pyridine rings is 1. The van der Waals surface area contributed by atoms with Crippen molar-refractivity contribution in [3.05, 3.63) is 65.6 Å². The van der Waals surface area contributed by atoms with Gasteiger partial charge < -0.3 is 9.67 Å². The zero-order valence-electron chi connectivity index (χ0n) is 16.5. The van der Waals surface area contributed by atoms with E-state index in [0.717, 1.165) is 35.0 Å². The summed E-state index contributed by atoms with van der Waals surface area (Å²) in [6, 6.07) is 8.78. The SMILES string of the molecule is Cc1cc2ccncc2n1CC1(O)C[C@H]2CC[C@@H](C1)N2Cc1ccc(F)c(F)c1. The van der Waals surface area contributed by atoms with Gasteiger partial charge in [0, 0.05) is 35.9 Å². The number of hydrogen-bond acceptors (Lipinski definition) is 3. The minimum Gasteiger partial charge on any atom is -0.388 e. The number of piperidine rings is 1. The van der Waals surface area contributed by atoms with Crippen molar-refractivity contribution in [3.63, 3.8) is 0 Å². The van der Waals surface area contributed by atoms with Gasteiger partial charge in [0.1, 0.15) is 0 Å². The Morgan fingerprint density at radius 1 is 1.10 bits per heavy atom. The van der Waals surface area contributed by atoms with Gasteiger partial charge in [-0.25, -0.2) is 8.78 Å². The van der Waals surface area contributed by atoms with E-state index in [9.17, 15) is 13.9 Å². The van der Waals surface area contributed by atoms with Gasteiger partial charge in [0.05, 0.1) is 23.9 Å². The van der Waals surface area contributed by atoms with Crippen LogP contribution < -0.4 is 0 Å². The standard InChI is InChI=1S/C23H25F2N3O/c1-15-8-17-6-7-26-12-22(17)28(15)14-23(29)10-18-3-4-19(11-23)27(18)13-16-2-5-20(24)21(25)9-16/h2,5-9,12,18-19,29H,3-4,10-11,13-14H2,1H3/t18-,19+,23?. The number of aryl methyl sites for hydroxylation is 1. The van der Waals surface area contributed by atoms with Crippen molar-refractivity contribution in [2.24, 2.45) is 0 Å². The summed E-state index contributed by atoms with van der Waals surface area (Å²) in [5.41, 5.74) is 2.18. The molecule has 2 saturated heterocycles. The van der Waals surface area contributed by atoms with Crippen LogP contribution in [-0.4, -0.2) is 37.2 Å². The molecule has 0 spiro atoms. The molecule has 1 aromatic carbocycles. The molecule has 3 aromatic rings. The van der Waals surface area contributed by atoms with Crippen molar-refractivity contribution in [1.29, 1.82) is 0 Å². The topological polar surface area (TPSA) is 41.3 Å². The van der Waals surface area contributed by atoms with Gasteiger partial charge in [-0.15, -0.1) is 0 Å². The highest BCUT2D eigenvalue weighted by Crippen LogP contribution is 2.43. The number of aliphatic hydroxyl groups is 1. The van der Waals surface area contributed by atoms with Gasteiger partial charge in [-0.2, -0.15) is 0 Å². The molecule has 2 aliphatic heterocycles. The first kappa shape index (κ1) is 18.7. The molecule has 0 aliphatic carbocycles. The van der Waals surface area contributed by atoms with Crippen LogP contribution in [0.15, 0.2) is 42.7 Å². The van der Waals surface area contributed by atoms with E-state index >= 15 is 0 Å². The van der Waals surface area contributed by atoms with Crippen molar-refractivity contribution in [2.45, 2.75) is 63.4 Å². The number of fused-ring (bicyclic) bond motifs is 3. The van der Waals surface area contributed by atoms with E-state index in [2.05, 4.69) is 27.4 Å². The Kier molecular flexibility index (Phi) is 4.44. The van der Waals surface area contributed by atoms with Crippen LogP contribution in [0, 0.1) is 18.6 Å². The molecule has 0 radical (unpaired) electrons. The predicted octanol–water partition coefficient (Wildman–Crippen LogP) is 4.18. The predicted molar refractivity (Wildman–Crippen MR) is 107 cm³/mol. The van der Waals surface area contributed by atoms with Crippen LogP contribution in [0.5, 0.6) is 0 Å². The zero-order valence-corrected chi connectivity index (χ0v) is 16.5. The second-order valence-electron chi connectivity index (χ2n) is 8.74. The number of benzene rings is 1. The number of aromatic nitrogens is 2. The van der Waals surface area contributed by atoms with Crippen molar-refractivity contribution in [1.82, 2.24) is 14.5 Å². The molecule has 2 fully saturated rings. The monoisotopic (exact) mass is 397 g/mol. The zero-order chi connectivity index (χ0) is 20.2. The second-order valence-corrected chi connectivity index (χ2v) is 8.74. The summed E-state index contributed by atoms with van der Waals surface area (Å²) < 4.78 is 29.0. The van der Waals surface area contributed by atoms with Gasteiger partial charge >= 0.3 is 0 Å². The molecular formula is C23H25F2N3O. The molecule has 29 heavy (non-hydrogen) atoms. The van der Waals surface area contributed by atoms with Crippen molar-refractivity contribution < 1.29 is 13.9 Å². The summed E-state index contributed by atoms with van der Waals surface area (Å²) in [5, 5.41) is 12.6. The lowest BCUT2D eigenvalue weighted by atomic mass is 9.85. The Morgan fingerprint density at radius 3 is 2.59 bits per heavy atom. The van der Waals surface area contributed by atoms with Gasteiger partial charge in [-0.1, -0.05) is 6.07 Å². The van der Waals surface area contributed by atoms with Crippen LogP contribution in [-0.2, 0) is 13.1 Å². The molecule has 5 rings (SSSR count). The van der Waals surface area contributed by atoms with Crippen LogP contribution in [0.4, 0.5) is 8.78 Å². The van der Waals surface area contributed by atoms with Crippen molar-refractivity contribution in [3.8, 4) is 0 Å². The van der Waals surface area contributed by atoms with Gasteiger partial charge in [-0.3, -0.25) is 9.88 Å². The molecule has 2 aliphatic rings. The Morgan fingerprint density at radius 2 is 1.86 bits per heavy atom. The third-order valence-corrected chi connectivity index (χ3v) is 6.72. The largest absolute Gasteiger partial charge is 0.388 e. The van der Waals surface area contributed by atoms with E-state index in [1.165, 1.54) is 12.1 Å². The normalized spacial score (nSPS) is 27.0. The van der Waals surface area contributed by atoms with E-state index in [-0.39, 0.29) is 12.1 Å². The average molecular weight is 397 g/mol. The molecule has 152 valence electrons. The highest BCUT2D eigenvalue weighted by molar-refractivity contribution is 5.80. The molecule has 6 heteroatoms. The van der Waals surface area contributed by atoms with Gasteiger partial charge in [-0.05, 0) is 62.4 Å². The highest BCUT2D eigenvalue weighted by atomic mass is 19.2. The van der Waals surface area contributed by atoms with E-state index in [0.29, 0.717) is 25.9 Å². The first-order valence-electron chi connectivity index (χ1n) is 10.2. The third-order valence-electron chi connectivity index (χ3n) is 6.72. The lowest BCUT2D eigenvalue weighted by Gasteiger charge is -2.44. The van der Waals surface area contributed by atoms with Gasteiger partial charge in [0.2, 0.25) is 0 Å². The van der Waals surface area contributed by atoms with E-state index in [1.54, 1.807) is 12.3 Å². The second kappa shape index (κ2) is 6.89. The molecular weight excluding hydrogens is 372 g/mol. The molecule has 1 unspecified atom stereocenters. The Hall–Kier alpha value is -2.31. The molecule has 0 amide bonds. The van der Waals surface area contributed by atoms with Crippen LogP contribution >= 0.6 is 0 Å². The summed E-state index contributed by atoms with van der Waals surface area (Å²) in [5.74, 6) is -1.61. The van der Waals surface area contributed by atoms with E-state index < -0.39 is 17.2 Å². The maximum absolute atomic E-state index is 13.6. The molecule has 2 bridgehead atoms. The Labute approximate surface area is 168 Å². The fourth-order valence-electron chi connectivity index (χ4n) is 5.39. The minimum absolute atomic E-state index is 0.257. The quantitative estimate of drug-likeness (QED) is 0.718. The van der Waals surface area contributed by atoms with Gasteiger partial charge in [0.15, 0.2) is 11.6 Å². The number of hydrogen-bond donors (Lipinski definition) is 1. The number of halogens is 2. The van der Waals surface area contributed by atoms with Gasteiger partial charge in [0.25, 0.3) is 0 Å². The summed E-state index contributed by atoms with van der Waals surface area (Å²) in [7, 11) is 0. The van der Waals surface area contributed by atoms with E-state index in [1.807, 2.05) is 12.3 Å². The van der Waals surface area contributed by atoms with Crippen LogP contribution in [0.3, 0.4) is 0 Å². The summed E-state index contributed by atoms with van der Waals surface area (Å²) in [6.45, 7) is 3.22. The molecule has 1 N–H and O–H groups in total. The summed E-state index contributed by atoms with van der Waals surface area (Å²) in [4.78, 5) is 6.61. The fraction of sp³-hybridized carbons (Fsp3) is 0.435. The molecule has 3 atom stereocenters. The summed E-state index contributed by atoms with van der Waals surface area (Å²) in [6.07, 6.45) is 7.09. The average Bonchev–Trinajstić information content (AvgIpc) is 3.12. The maximum Gasteiger partial charge on any atom is 0.159 e. The highest BCUT2D eigenvalue weighted by Gasteiger charge is 2.47. The van der Waals surface area contributed by atoms with Crippen LogP contribution in [0.2, 0.25) is 0 Å². The maximum atomic E-state index is 13.6. The van der Waals surface area contributed by atoms with Crippen LogP contribution in [0.1, 0.15) is 36.9 Å². The van der Waals surface area contributed by atoms with Crippen LogP contribution in [0.25, 0.3) is 10.9 Å². The van der Waals surface area contributed by atoms with Crippen molar-refractivity contribution >= 4 is 10.9 Å². The molecule has 4 heterocycles. The lowest BCUT2D eigenvalue weighted by Crippen LogP contribution is -2.52. The Balaban J connectivity index is 1.36. The van der Waals surface area contributed by atoms with Crippen molar-refractivity contribution in [2.75, 3.05) is 0 Å². The molecule has 4 nitrogen and oxygen atoms in total. The minimum atomic E-state index is -0.812. The Bertz CT molecular complexity index is 1050. The molecule has 2 aromatic heterocycles. The third kappa shape index (κ3) is 3.34. The first-order chi connectivity index (χ1) is 13.9. The smallest absolute Gasteiger partial charge is 0.159 e. The van der Waals surface area contributed by atoms with E-state index in [4.69, 9.17) is 0 Å². The summed E-state index contributed by atoms with van der Waals surface area (Å²) >= 11 is 0. The molecule has 0 saturated carbocycles. The lowest BCUT2D eigenvalue weighted by molar-refractivity contribution is -0.0647.